The van der Waals surface area contributed by atoms with E-state index < -0.39 is 10.7 Å². The molecular weight excluding hydrogens is 270 g/mol. The van der Waals surface area contributed by atoms with Crippen LogP contribution >= 0.6 is 0 Å². The summed E-state index contributed by atoms with van der Waals surface area (Å²) in [6.45, 7) is 0. The minimum atomic E-state index is -0.642. The highest BCUT2D eigenvalue weighted by molar-refractivity contribution is 5.88. The van der Waals surface area contributed by atoms with Gasteiger partial charge in [0.1, 0.15) is 11.5 Å². The molecule has 3 aromatic rings. The van der Waals surface area contributed by atoms with E-state index in [1.807, 2.05) is 36.4 Å². The summed E-state index contributed by atoms with van der Waals surface area (Å²) in [6.07, 6.45) is 0. The predicted octanol–water partition coefficient (Wildman–Crippen LogP) is 4.25. The number of nitro benzene ring substituents is 1. The summed E-state index contributed by atoms with van der Waals surface area (Å²) in [5.41, 5.74) is -0.347. The molecule has 0 unspecified atom stereocenters. The van der Waals surface area contributed by atoms with E-state index in [0.717, 1.165) is 10.8 Å². The highest BCUT2D eigenvalue weighted by Crippen LogP contribution is 2.34. The Bertz CT molecular complexity index is 824. The molecule has 0 bridgehead atoms. The molecule has 0 aliphatic rings. The van der Waals surface area contributed by atoms with Crippen LogP contribution in [-0.4, -0.2) is 10.0 Å². The number of hydrogen-bond acceptors (Lipinski definition) is 4. The number of phenolic OH excluding ortho intramolecular Hbond substituents is 1. The summed E-state index contributed by atoms with van der Waals surface area (Å²) in [5.74, 6) is 0.550. The highest BCUT2D eigenvalue weighted by Gasteiger charge is 2.14. The fraction of sp³-hybridized carbons (Fsp3) is 0. The fourth-order valence-electron chi connectivity index (χ4n) is 2.13. The molecule has 3 aromatic carbocycles. The summed E-state index contributed by atoms with van der Waals surface area (Å²) in [6, 6.07) is 17.3. The highest BCUT2D eigenvalue weighted by atomic mass is 16.6. The minimum absolute atomic E-state index is 0.342. The molecule has 5 heteroatoms. The van der Waals surface area contributed by atoms with Crippen molar-refractivity contribution in [2.45, 2.75) is 0 Å². The maximum atomic E-state index is 10.7. The van der Waals surface area contributed by atoms with E-state index in [1.54, 1.807) is 6.07 Å². The number of phenols is 1. The smallest absolute Gasteiger partial charge is 0.310 e. The molecule has 0 fully saturated rings. The van der Waals surface area contributed by atoms with Gasteiger partial charge in [0.25, 0.3) is 0 Å². The summed E-state index contributed by atoms with van der Waals surface area (Å²) >= 11 is 0. The van der Waals surface area contributed by atoms with Gasteiger partial charge in [-0.1, -0.05) is 36.4 Å². The van der Waals surface area contributed by atoms with E-state index in [-0.39, 0.29) is 5.69 Å². The molecule has 0 saturated carbocycles. The average Bonchev–Trinajstić information content (AvgIpc) is 2.47. The zero-order chi connectivity index (χ0) is 14.8. The lowest BCUT2D eigenvalue weighted by atomic mass is 10.1. The normalized spacial score (nSPS) is 10.5. The van der Waals surface area contributed by atoms with Gasteiger partial charge in [-0.15, -0.1) is 0 Å². The number of ether oxygens (including phenoxy) is 1. The van der Waals surface area contributed by atoms with Crippen LogP contribution in [0.3, 0.4) is 0 Å². The molecule has 0 atom stereocenters. The largest absolute Gasteiger partial charge is 0.502 e. The van der Waals surface area contributed by atoms with Crippen LogP contribution in [0.25, 0.3) is 10.8 Å². The van der Waals surface area contributed by atoms with Gasteiger partial charge in [-0.3, -0.25) is 10.1 Å². The third-order valence-electron chi connectivity index (χ3n) is 3.12. The molecular formula is C16H11NO4. The summed E-state index contributed by atoms with van der Waals surface area (Å²) in [4.78, 5) is 10.0. The molecule has 1 N–H and O–H groups in total. The van der Waals surface area contributed by atoms with Crippen LogP contribution in [0, 0.1) is 10.1 Å². The lowest BCUT2D eigenvalue weighted by molar-refractivity contribution is -0.385. The predicted molar refractivity (Wildman–Crippen MR) is 78.8 cm³/mol. The third-order valence-corrected chi connectivity index (χ3v) is 3.12. The Hall–Kier alpha value is -3.08. The van der Waals surface area contributed by atoms with Gasteiger partial charge >= 0.3 is 5.69 Å². The van der Waals surface area contributed by atoms with E-state index in [9.17, 15) is 15.2 Å². The summed E-state index contributed by atoms with van der Waals surface area (Å²) in [5, 5.41) is 22.3. The van der Waals surface area contributed by atoms with Gasteiger partial charge in [-0.25, -0.2) is 0 Å². The Morgan fingerprint density at radius 3 is 2.52 bits per heavy atom. The minimum Gasteiger partial charge on any atom is -0.502 e. The first kappa shape index (κ1) is 12.9. The Labute approximate surface area is 120 Å². The zero-order valence-corrected chi connectivity index (χ0v) is 10.9. The van der Waals surface area contributed by atoms with Gasteiger partial charge < -0.3 is 9.84 Å². The van der Waals surface area contributed by atoms with Crippen molar-refractivity contribution in [1.29, 1.82) is 0 Å². The Morgan fingerprint density at radius 2 is 1.76 bits per heavy atom. The lowest BCUT2D eigenvalue weighted by Gasteiger charge is -2.09. The molecule has 0 amide bonds. The average molecular weight is 281 g/mol. The van der Waals surface area contributed by atoms with Gasteiger partial charge in [0.2, 0.25) is 0 Å². The number of rotatable bonds is 3. The molecule has 0 spiro atoms. The van der Waals surface area contributed by atoms with Crippen molar-refractivity contribution in [3.05, 3.63) is 70.8 Å². The van der Waals surface area contributed by atoms with Crippen molar-refractivity contribution >= 4 is 16.5 Å². The van der Waals surface area contributed by atoms with Crippen molar-refractivity contribution < 1.29 is 14.8 Å². The van der Waals surface area contributed by atoms with Crippen LogP contribution in [0.15, 0.2) is 60.7 Å². The van der Waals surface area contributed by atoms with E-state index in [0.29, 0.717) is 11.5 Å². The standard InChI is InChI=1S/C16H11NO4/c18-15-10-12(8-9-14(15)17(19)20)21-16-7-3-5-11-4-1-2-6-13(11)16/h1-10,18H. The topological polar surface area (TPSA) is 72.6 Å². The number of benzene rings is 3. The van der Waals surface area contributed by atoms with Gasteiger partial charge in [-0.2, -0.15) is 0 Å². The molecule has 0 aliphatic heterocycles. The molecule has 5 nitrogen and oxygen atoms in total. The number of hydrogen-bond donors (Lipinski definition) is 1. The Balaban J connectivity index is 1.99. The van der Waals surface area contributed by atoms with Crippen molar-refractivity contribution in [2.75, 3.05) is 0 Å². The van der Waals surface area contributed by atoms with Crippen molar-refractivity contribution in [1.82, 2.24) is 0 Å². The molecule has 0 heterocycles. The SMILES string of the molecule is O=[N+]([O-])c1ccc(Oc2cccc3ccccc23)cc1O. The van der Waals surface area contributed by atoms with E-state index >= 15 is 0 Å². The van der Waals surface area contributed by atoms with E-state index in [4.69, 9.17) is 4.74 Å². The van der Waals surface area contributed by atoms with Crippen LogP contribution in [0.2, 0.25) is 0 Å². The van der Waals surface area contributed by atoms with Crippen LogP contribution < -0.4 is 4.74 Å². The fourth-order valence-corrected chi connectivity index (χ4v) is 2.13. The molecule has 3 rings (SSSR count). The second-order valence-corrected chi connectivity index (χ2v) is 4.49. The van der Waals surface area contributed by atoms with Crippen LogP contribution in [0.5, 0.6) is 17.2 Å². The molecule has 104 valence electrons. The van der Waals surface area contributed by atoms with Gasteiger partial charge in [0.05, 0.1) is 4.92 Å². The first-order valence-electron chi connectivity index (χ1n) is 6.28. The van der Waals surface area contributed by atoms with Gasteiger partial charge in [0, 0.05) is 17.5 Å². The number of fused-ring (bicyclic) bond motifs is 1. The first-order valence-corrected chi connectivity index (χ1v) is 6.28. The van der Waals surface area contributed by atoms with Crippen molar-refractivity contribution in [2.24, 2.45) is 0 Å². The molecule has 0 radical (unpaired) electrons. The van der Waals surface area contributed by atoms with Crippen molar-refractivity contribution in [3.8, 4) is 17.2 Å². The number of nitro groups is 1. The first-order chi connectivity index (χ1) is 10.1. The molecule has 21 heavy (non-hydrogen) atoms. The van der Waals surface area contributed by atoms with Gasteiger partial charge in [0.15, 0.2) is 5.75 Å². The van der Waals surface area contributed by atoms with E-state index in [1.165, 1.54) is 18.2 Å². The third kappa shape index (κ3) is 2.49. The number of aromatic hydroxyl groups is 1. The molecule has 0 aliphatic carbocycles. The summed E-state index contributed by atoms with van der Waals surface area (Å²) < 4.78 is 5.72. The second kappa shape index (κ2) is 5.13. The Kier molecular flexibility index (Phi) is 3.16. The van der Waals surface area contributed by atoms with Gasteiger partial charge in [-0.05, 0) is 17.5 Å². The second-order valence-electron chi connectivity index (χ2n) is 4.49. The molecule has 0 aromatic heterocycles. The lowest BCUT2D eigenvalue weighted by Crippen LogP contribution is -1.90. The number of nitrogens with zero attached hydrogens (tertiary/aromatic N) is 1. The van der Waals surface area contributed by atoms with Crippen LogP contribution in [-0.2, 0) is 0 Å². The quantitative estimate of drug-likeness (QED) is 0.575. The molecule has 0 saturated heterocycles. The van der Waals surface area contributed by atoms with Crippen LogP contribution in [0.4, 0.5) is 5.69 Å². The zero-order valence-electron chi connectivity index (χ0n) is 10.9. The van der Waals surface area contributed by atoms with E-state index in [2.05, 4.69) is 0 Å². The maximum absolute atomic E-state index is 10.7. The Morgan fingerprint density at radius 1 is 1.00 bits per heavy atom. The van der Waals surface area contributed by atoms with Crippen LogP contribution in [0.1, 0.15) is 0 Å². The monoisotopic (exact) mass is 281 g/mol. The maximum Gasteiger partial charge on any atom is 0.310 e. The van der Waals surface area contributed by atoms with Crippen molar-refractivity contribution in [3.63, 3.8) is 0 Å². The summed E-state index contributed by atoms with van der Waals surface area (Å²) in [7, 11) is 0.